The maximum Gasteiger partial charge on any atom is 0.267 e. The lowest BCUT2D eigenvalue weighted by Gasteiger charge is -2.16. The molecular formula is C18H18N2O3S. The molecular weight excluding hydrogens is 324 g/mol. The predicted molar refractivity (Wildman–Crippen MR) is 96.0 cm³/mol. The van der Waals surface area contributed by atoms with Crippen molar-refractivity contribution in [2.24, 2.45) is 0 Å². The first-order valence-corrected chi connectivity index (χ1v) is 8.48. The smallest absolute Gasteiger partial charge is 0.267 e. The van der Waals surface area contributed by atoms with Gasteiger partial charge in [-0.25, -0.2) is 4.98 Å². The molecule has 0 radical (unpaired) electrons. The molecule has 5 nitrogen and oxygen atoms in total. The Hall–Kier alpha value is -2.60. The number of anilines is 1. The molecule has 24 heavy (non-hydrogen) atoms. The number of rotatable bonds is 6. The second-order valence-corrected chi connectivity index (χ2v) is 6.20. The third-order valence-corrected chi connectivity index (χ3v) is 4.44. The van der Waals surface area contributed by atoms with Crippen molar-refractivity contribution < 1.29 is 14.3 Å². The monoisotopic (exact) mass is 342 g/mol. The Kier molecular flexibility index (Phi) is 4.96. The summed E-state index contributed by atoms with van der Waals surface area (Å²) in [5.74, 6) is 1.24. The first-order valence-electron chi connectivity index (χ1n) is 7.66. The molecule has 0 aliphatic heterocycles. The Morgan fingerprint density at radius 2 is 2.00 bits per heavy atom. The zero-order chi connectivity index (χ0) is 16.9. The fourth-order valence-electron chi connectivity index (χ4n) is 2.26. The van der Waals surface area contributed by atoms with E-state index in [2.05, 4.69) is 10.3 Å². The number of methoxy groups -OCH3 is 1. The molecule has 1 amide bonds. The number of amides is 1. The van der Waals surface area contributed by atoms with Gasteiger partial charge in [-0.1, -0.05) is 36.5 Å². The van der Waals surface area contributed by atoms with Crippen LogP contribution in [0.2, 0.25) is 0 Å². The predicted octanol–water partition coefficient (Wildman–Crippen LogP) is 4.10. The summed E-state index contributed by atoms with van der Waals surface area (Å²) in [6.45, 7) is 1.91. The van der Waals surface area contributed by atoms with Gasteiger partial charge in [-0.15, -0.1) is 0 Å². The third-order valence-electron chi connectivity index (χ3n) is 3.51. The number of fused-ring (bicyclic) bond motifs is 1. The highest BCUT2D eigenvalue weighted by Crippen LogP contribution is 2.29. The summed E-state index contributed by atoms with van der Waals surface area (Å²) in [7, 11) is 1.62. The molecule has 0 unspecified atom stereocenters. The van der Waals surface area contributed by atoms with Crippen LogP contribution in [0, 0.1) is 0 Å². The number of nitrogens with one attached hydrogen (secondary N) is 1. The van der Waals surface area contributed by atoms with Crippen LogP contribution in [0.5, 0.6) is 11.5 Å². The summed E-state index contributed by atoms with van der Waals surface area (Å²) in [6, 6.07) is 14.9. The normalized spacial score (nSPS) is 11.9. The second kappa shape index (κ2) is 7.31. The minimum atomic E-state index is -0.561. The molecule has 0 saturated carbocycles. The van der Waals surface area contributed by atoms with Crippen molar-refractivity contribution in [2.75, 3.05) is 12.4 Å². The van der Waals surface area contributed by atoms with Gasteiger partial charge in [0, 0.05) is 0 Å². The van der Waals surface area contributed by atoms with Crippen LogP contribution in [0.4, 0.5) is 5.13 Å². The number of hydrogen-bond acceptors (Lipinski definition) is 5. The zero-order valence-electron chi connectivity index (χ0n) is 13.5. The van der Waals surface area contributed by atoms with Gasteiger partial charge in [0.15, 0.2) is 11.2 Å². The molecule has 0 fully saturated rings. The minimum absolute atomic E-state index is 0.202. The van der Waals surface area contributed by atoms with E-state index in [0.717, 1.165) is 16.0 Å². The average molecular weight is 342 g/mol. The average Bonchev–Trinajstić information content (AvgIpc) is 3.01. The van der Waals surface area contributed by atoms with Gasteiger partial charge in [-0.05, 0) is 36.8 Å². The first-order chi connectivity index (χ1) is 11.7. The Bertz CT molecular complexity index is 833. The molecule has 1 heterocycles. The maximum atomic E-state index is 12.5. The fourth-order valence-corrected chi connectivity index (χ4v) is 3.15. The van der Waals surface area contributed by atoms with Gasteiger partial charge in [-0.3, -0.25) is 10.1 Å². The number of para-hydroxylation sites is 1. The van der Waals surface area contributed by atoms with Gasteiger partial charge in [0.2, 0.25) is 0 Å². The number of benzene rings is 2. The van der Waals surface area contributed by atoms with Crippen LogP contribution in [-0.4, -0.2) is 24.1 Å². The molecule has 1 N–H and O–H groups in total. The van der Waals surface area contributed by atoms with Crippen LogP contribution in [0.1, 0.15) is 13.3 Å². The van der Waals surface area contributed by atoms with Gasteiger partial charge in [0.1, 0.15) is 11.5 Å². The van der Waals surface area contributed by atoms with Crippen LogP contribution in [-0.2, 0) is 4.79 Å². The van der Waals surface area contributed by atoms with E-state index in [1.165, 1.54) is 11.3 Å². The molecule has 6 heteroatoms. The van der Waals surface area contributed by atoms with Crippen molar-refractivity contribution in [3.63, 3.8) is 0 Å². The lowest BCUT2D eigenvalue weighted by atomic mass is 10.2. The van der Waals surface area contributed by atoms with E-state index in [0.29, 0.717) is 17.3 Å². The van der Waals surface area contributed by atoms with E-state index in [4.69, 9.17) is 9.47 Å². The Morgan fingerprint density at radius 3 is 2.71 bits per heavy atom. The molecule has 3 rings (SSSR count). The number of thiazole rings is 1. The van der Waals surface area contributed by atoms with Crippen LogP contribution in [0.15, 0.2) is 48.5 Å². The van der Waals surface area contributed by atoms with Gasteiger partial charge in [-0.2, -0.15) is 0 Å². The lowest BCUT2D eigenvalue weighted by Crippen LogP contribution is -2.32. The summed E-state index contributed by atoms with van der Waals surface area (Å²) < 4.78 is 11.9. The van der Waals surface area contributed by atoms with Gasteiger partial charge < -0.3 is 9.47 Å². The number of ether oxygens (including phenoxy) is 2. The summed E-state index contributed by atoms with van der Waals surface area (Å²) in [4.78, 5) is 16.9. The van der Waals surface area contributed by atoms with Gasteiger partial charge in [0.25, 0.3) is 5.91 Å². The quantitative estimate of drug-likeness (QED) is 0.732. The van der Waals surface area contributed by atoms with Crippen molar-refractivity contribution in [3.8, 4) is 11.5 Å². The van der Waals surface area contributed by atoms with E-state index in [1.54, 1.807) is 7.11 Å². The standard InChI is InChI=1S/C18H18N2O3S/c1-3-15(23-12-7-5-4-6-8-12)17(21)20-18-19-14-10-9-13(22-2)11-16(14)24-18/h4-11,15H,3H2,1-2H3,(H,19,20,21)/t15-/m0/s1. The molecule has 1 atom stereocenters. The molecule has 0 spiro atoms. The van der Waals surface area contributed by atoms with Crippen LogP contribution in [0.3, 0.4) is 0 Å². The molecule has 124 valence electrons. The van der Waals surface area contributed by atoms with Gasteiger partial charge in [0.05, 0.1) is 17.3 Å². The van der Waals surface area contributed by atoms with E-state index in [-0.39, 0.29) is 5.91 Å². The largest absolute Gasteiger partial charge is 0.497 e. The number of nitrogens with zero attached hydrogens (tertiary/aromatic N) is 1. The van der Waals surface area contributed by atoms with Crippen molar-refractivity contribution >= 4 is 32.6 Å². The summed E-state index contributed by atoms with van der Waals surface area (Å²) in [5, 5.41) is 3.40. The topological polar surface area (TPSA) is 60.5 Å². The van der Waals surface area contributed by atoms with Gasteiger partial charge >= 0.3 is 0 Å². The van der Waals surface area contributed by atoms with E-state index in [1.807, 2.05) is 55.5 Å². The fraction of sp³-hybridized carbons (Fsp3) is 0.222. The highest BCUT2D eigenvalue weighted by atomic mass is 32.1. The molecule has 0 saturated heterocycles. The van der Waals surface area contributed by atoms with Crippen LogP contribution >= 0.6 is 11.3 Å². The molecule has 0 aliphatic rings. The zero-order valence-corrected chi connectivity index (χ0v) is 14.3. The molecule has 0 bridgehead atoms. The number of carbonyl (C=O) groups excluding carboxylic acids is 1. The molecule has 2 aromatic carbocycles. The highest BCUT2D eigenvalue weighted by molar-refractivity contribution is 7.22. The summed E-state index contributed by atoms with van der Waals surface area (Å²) in [6.07, 6.45) is 0.00774. The van der Waals surface area contributed by atoms with Crippen molar-refractivity contribution in [1.82, 2.24) is 4.98 Å². The Morgan fingerprint density at radius 1 is 1.21 bits per heavy atom. The Labute approximate surface area is 144 Å². The molecule has 0 aliphatic carbocycles. The second-order valence-electron chi connectivity index (χ2n) is 5.17. The SMILES string of the molecule is CC[C@H](Oc1ccccc1)C(=O)Nc1nc2ccc(OC)cc2s1. The minimum Gasteiger partial charge on any atom is -0.497 e. The number of carbonyl (C=O) groups is 1. The summed E-state index contributed by atoms with van der Waals surface area (Å²) in [5.41, 5.74) is 0.827. The van der Waals surface area contributed by atoms with E-state index >= 15 is 0 Å². The molecule has 1 aromatic heterocycles. The summed E-state index contributed by atoms with van der Waals surface area (Å²) >= 11 is 1.41. The number of aromatic nitrogens is 1. The first kappa shape index (κ1) is 16.3. The maximum absolute atomic E-state index is 12.5. The van der Waals surface area contributed by atoms with Crippen molar-refractivity contribution in [1.29, 1.82) is 0 Å². The van der Waals surface area contributed by atoms with E-state index < -0.39 is 6.10 Å². The van der Waals surface area contributed by atoms with E-state index in [9.17, 15) is 4.79 Å². The highest BCUT2D eigenvalue weighted by Gasteiger charge is 2.20. The third kappa shape index (κ3) is 3.65. The molecule has 3 aromatic rings. The Balaban J connectivity index is 1.72. The number of hydrogen-bond donors (Lipinski definition) is 1. The van der Waals surface area contributed by atoms with Crippen molar-refractivity contribution in [2.45, 2.75) is 19.4 Å². The van der Waals surface area contributed by atoms with Crippen LogP contribution < -0.4 is 14.8 Å². The van der Waals surface area contributed by atoms with Crippen molar-refractivity contribution in [3.05, 3.63) is 48.5 Å². The van der Waals surface area contributed by atoms with Crippen LogP contribution in [0.25, 0.3) is 10.2 Å². The lowest BCUT2D eigenvalue weighted by molar-refractivity contribution is -0.122.